The molecule has 4 rings (SSSR count). The minimum Gasteiger partial charge on any atom is -0.342 e. The molecule has 1 aromatic carbocycles. The molecular weight excluding hydrogens is 362 g/mol. The van der Waals surface area contributed by atoms with E-state index in [9.17, 15) is 9.59 Å². The first-order valence-corrected chi connectivity index (χ1v) is 11.5. The van der Waals surface area contributed by atoms with Crippen LogP contribution in [0.15, 0.2) is 30.3 Å². The molecule has 2 saturated heterocycles. The maximum absolute atomic E-state index is 12.8. The van der Waals surface area contributed by atoms with Crippen molar-refractivity contribution in [1.29, 1.82) is 0 Å². The van der Waals surface area contributed by atoms with E-state index in [0.717, 1.165) is 63.7 Å². The van der Waals surface area contributed by atoms with Crippen LogP contribution in [0.4, 0.5) is 0 Å². The fourth-order valence-electron chi connectivity index (χ4n) is 5.25. The molecule has 158 valence electrons. The van der Waals surface area contributed by atoms with Gasteiger partial charge in [-0.15, -0.1) is 0 Å². The minimum absolute atomic E-state index is 0.212. The Morgan fingerprint density at radius 1 is 0.759 bits per heavy atom. The van der Waals surface area contributed by atoms with E-state index in [4.69, 9.17) is 0 Å². The number of carbonyl (C=O) groups excluding carboxylic acids is 2. The smallest absolute Gasteiger partial charge is 0.226 e. The molecule has 1 aliphatic carbocycles. The summed E-state index contributed by atoms with van der Waals surface area (Å²) in [6.45, 7) is 5.46. The Morgan fingerprint density at radius 3 is 2.03 bits per heavy atom. The van der Waals surface area contributed by atoms with E-state index in [1.165, 1.54) is 25.7 Å². The number of hydrogen-bond donors (Lipinski definition) is 0. The average Bonchev–Trinajstić information content (AvgIpc) is 3.30. The third kappa shape index (κ3) is 5.39. The molecule has 3 aliphatic rings. The van der Waals surface area contributed by atoms with Gasteiger partial charge in [0, 0.05) is 51.7 Å². The van der Waals surface area contributed by atoms with Gasteiger partial charge < -0.3 is 9.80 Å². The zero-order chi connectivity index (χ0) is 20.1. The summed E-state index contributed by atoms with van der Waals surface area (Å²) in [6, 6.07) is 10.7. The van der Waals surface area contributed by atoms with Gasteiger partial charge >= 0.3 is 0 Å². The van der Waals surface area contributed by atoms with Gasteiger partial charge in [-0.1, -0.05) is 43.2 Å². The summed E-state index contributed by atoms with van der Waals surface area (Å²) >= 11 is 0. The van der Waals surface area contributed by atoms with E-state index in [0.29, 0.717) is 24.7 Å². The van der Waals surface area contributed by atoms with Crippen LogP contribution >= 0.6 is 0 Å². The zero-order valence-electron chi connectivity index (χ0n) is 17.6. The first-order chi connectivity index (χ1) is 14.2. The number of amides is 2. The first kappa shape index (κ1) is 20.4. The number of likely N-dealkylation sites (tertiary alicyclic amines) is 1. The highest BCUT2D eigenvalue weighted by Gasteiger charge is 2.30. The summed E-state index contributed by atoms with van der Waals surface area (Å²) in [5, 5.41) is 0. The summed E-state index contributed by atoms with van der Waals surface area (Å²) in [5.41, 5.74) is 1.08. The van der Waals surface area contributed by atoms with Gasteiger partial charge in [-0.3, -0.25) is 14.5 Å². The summed E-state index contributed by atoms with van der Waals surface area (Å²) in [4.78, 5) is 32.0. The normalized spacial score (nSPS) is 22.2. The van der Waals surface area contributed by atoms with Crippen molar-refractivity contribution in [2.75, 3.05) is 39.3 Å². The second kappa shape index (κ2) is 9.75. The van der Waals surface area contributed by atoms with Crippen LogP contribution in [-0.2, 0) is 16.0 Å². The number of carbonyl (C=O) groups is 2. The number of piperidine rings is 1. The molecule has 2 heterocycles. The number of rotatable bonds is 5. The molecule has 0 N–H and O–H groups in total. The van der Waals surface area contributed by atoms with Gasteiger partial charge in [-0.25, -0.2) is 0 Å². The Balaban J connectivity index is 1.17. The summed E-state index contributed by atoms with van der Waals surface area (Å²) < 4.78 is 0. The van der Waals surface area contributed by atoms with Crippen LogP contribution in [0.2, 0.25) is 0 Å². The van der Waals surface area contributed by atoms with Crippen LogP contribution in [-0.4, -0.2) is 71.8 Å². The van der Waals surface area contributed by atoms with Crippen molar-refractivity contribution in [1.82, 2.24) is 14.7 Å². The van der Waals surface area contributed by atoms with Gasteiger partial charge in [0.15, 0.2) is 0 Å². The van der Waals surface area contributed by atoms with E-state index < -0.39 is 0 Å². The summed E-state index contributed by atoms with van der Waals surface area (Å²) in [6.07, 6.45) is 8.47. The van der Waals surface area contributed by atoms with Crippen molar-refractivity contribution < 1.29 is 9.59 Å². The monoisotopic (exact) mass is 397 g/mol. The average molecular weight is 398 g/mol. The third-order valence-corrected chi connectivity index (χ3v) is 7.14. The fourth-order valence-corrected chi connectivity index (χ4v) is 5.25. The molecular formula is C24H35N3O2. The molecule has 5 heteroatoms. The van der Waals surface area contributed by atoms with Crippen molar-refractivity contribution in [2.24, 2.45) is 5.92 Å². The minimum atomic E-state index is 0.212. The molecule has 1 saturated carbocycles. The quantitative estimate of drug-likeness (QED) is 0.767. The fraction of sp³-hybridized carbons (Fsp3) is 0.667. The molecule has 0 bridgehead atoms. The molecule has 29 heavy (non-hydrogen) atoms. The lowest BCUT2D eigenvalue weighted by atomic mass is 9.92. The molecule has 5 nitrogen and oxygen atoms in total. The molecule has 2 amide bonds. The predicted molar refractivity (Wildman–Crippen MR) is 114 cm³/mol. The van der Waals surface area contributed by atoms with E-state index in [1.807, 2.05) is 35.2 Å². The molecule has 0 atom stereocenters. The Bertz CT molecular complexity index is 671. The van der Waals surface area contributed by atoms with Gasteiger partial charge in [0.1, 0.15) is 0 Å². The predicted octanol–water partition coefficient (Wildman–Crippen LogP) is 2.94. The number of hydrogen-bond acceptors (Lipinski definition) is 3. The zero-order valence-corrected chi connectivity index (χ0v) is 17.6. The SMILES string of the molecule is O=C(Cc1ccccc1)N1CCC(CC(=O)N2CCN(C3CCCC3)CC2)CC1. The van der Waals surface area contributed by atoms with Crippen molar-refractivity contribution >= 4 is 11.8 Å². The number of benzene rings is 1. The summed E-state index contributed by atoms with van der Waals surface area (Å²) in [5.74, 6) is 0.963. The maximum atomic E-state index is 12.8. The van der Waals surface area contributed by atoms with Crippen LogP contribution in [0.25, 0.3) is 0 Å². The molecule has 3 fully saturated rings. The molecule has 2 aliphatic heterocycles. The van der Waals surface area contributed by atoms with Crippen molar-refractivity contribution in [3.05, 3.63) is 35.9 Å². The van der Waals surface area contributed by atoms with Crippen LogP contribution in [0.1, 0.15) is 50.5 Å². The summed E-state index contributed by atoms with van der Waals surface area (Å²) in [7, 11) is 0. The highest BCUT2D eigenvalue weighted by molar-refractivity contribution is 5.79. The Labute approximate surface area is 175 Å². The van der Waals surface area contributed by atoms with Crippen molar-refractivity contribution in [2.45, 2.75) is 57.4 Å². The second-order valence-corrected chi connectivity index (χ2v) is 9.05. The largest absolute Gasteiger partial charge is 0.342 e. The Hall–Kier alpha value is -1.88. The number of nitrogens with zero attached hydrogens (tertiary/aromatic N) is 3. The van der Waals surface area contributed by atoms with Gasteiger partial charge in [0.25, 0.3) is 0 Å². The standard InChI is InChI=1S/C24H35N3O2/c28-23(18-20-6-2-1-3-7-20)26-12-10-21(11-13-26)19-24(29)27-16-14-25(15-17-27)22-8-4-5-9-22/h1-3,6-7,21-22H,4-5,8-19H2. The lowest BCUT2D eigenvalue weighted by Crippen LogP contribution is -2.51. The molecule has 0 unspecified atom stereocenters. The van der Waals surface area contributed by atoms with E-state index >= 15 is 0 Å². The third-order valence-electron chi connectivity index (χ3n) is 7.14. The highest BCUT2D eigenvalue weighted by Crippen LogP contribution is 2.26. The van der Waals surface area contributed by atoms with Crippen LogP contribution in [0, 0.1) is 5.92 Å². The topological polar surface area (TPSA) is 43.9 Å². The van der Waals surface area contributed by atoms with E-state index in [1.54, 1.807) is 0 Å². The van der Waals surface area contributed by atoms with Crippen molar-refractivity contribution in [3.63, 3.8) is 0 Å². The molecule has 0 radical (unpaired) electrons. The van der Waals surface area contributed by atoms with Gasteiger partial charge in [0.2, 0.25) is 11.8 Å². The Kier molecular flexibility index (Phi) is 6.86. The first-order valence-electron chi connectivity index (χ1n) is 11.5. The molecule has 0 spiro atoms. The van der Waals surface area contributed by atoms with Gasteiger partial charge in [-0.05, 0) is 37.2 Å². The highest BCUT2D eigenvalue weighted by atomic mass is 16.2. The Morgan fingerprint density at radius 2 is 1.38 bits per heavy atom. The van der Waals surface area contributed by atoms with Gasteiger partial charge in [0.05, 0.1) is 6.42 Å². The number of piperazine rings is 1. The van der Waals surface area contributed by atoms with Crippen molar-refractivity contribution in [3.8, 4) is 0 Å². The maximum Gasteiger partial charge on any atom is 0.226 e. The van der Waals surface area contributed by atoms with E-state index in [2.05, 4.69) is 9.80 Å². The van der Waals surface area contributed by atoms with Gasteiger partial charge in [-0.2, -0.15) is 0 Å². The molecule has 0 aromatic heterocycles. The second-order valence-electron chi connectivity index (χ2n) is 9.05. The van der Waals surface area contributed by atoms with E-state index in [-0.39, 0.29) is 5.91 Å². The van der Waals surface area contributed by atoms with Crippen LogP contribution in [0.3, 0.4) is 0 Å². The lowest BCUT2D eigenvalue weighted by molar-refractivity contribution is -0.135. The lowest BCUT2D eigenvalue weighted by Gasteiger charge is -2.39. The molecule has 1 aromatic rings. The van der Waals surface area contributed by atoms with Crippen LogP contribution in [0.5, 0.6) is 0 Å². The van der Waals surface area contributed by atoms with Crippen LogP contribution < -0.4 is 0 Å².